The molecule has 0 saturated heterocycles. The Morgan fingerprint density at radius 3 is 2.38 bits per heavy atom. The first kappa shape index (κ1) is 17.6. The van der Waals surface area contributed by atoms with Gasteiger partial charge < -0.3 is 15.6 Å². The molecule has 0 saturated carbocycles. The molecule has 0 spiro atoms. The Labute approximate surface area is 141 Å². The second kappa shape index (κ2) is 8.17. The Hall–Kier alpha value is -2.79. The summed E-state index contributed by atoms with van der Waals surface area (Å²) in [5.74, 6) is -0.885. The highest BCUT2D eigenvalue weighted by Crippen LogP contribution is 2.26. The quantitative estimate of drug-likeness (QED) is 0.512. The molecule has 1 atom stereocenters. The van der Waals surface area contributed by atoms with E-state index in [0.717, 1.165) is 16.8 Å². The normalized spacial score (nSPS) is 11.6. The topological polar surface area (TPSA) is 72.8 Å². The lowest BCUT2D eigenvalue weighted by molar-refractivity contribution is -0.136. The van der Waals surface area contributed by atoms with E-state index in [1.165, 1.54) is 0 Å². The van der Waals surface area contributed by atoms with E-state index in [1.807, 2.05) is 61.5 Å². The van der Waals surface area contributed by atoms with Crippen LogP contribution in [0.5, 0.6) is 0 Å². The van der Waals surface area contributed by atoms with E-state index in [2.05, 4.69) is 12.0 Å². The van der Waals surface area contributed by atoms with Crippen molar-refractivity contribution in [2.24, 2.45) is 0 Å². The minimum atomic E-state index is -0.935. The first-order chi connectivity index (χ1) is 11.5. The van der Waals surface area contributed by atoms with Gasteiger partial charge >= 0.3 is 5.97 Å². The number of carboxylic acids is 1. The summed E-state index contributed by atoms with van der Waals surface area (Å²) in [6.45, 7) is 5.79. The molecule has 0 amide bonds. The molecule has 0 radical (unpaired) electrons. The van der Waals surface area contributed by atoms with E-state index < -0.39 is 12.2 Å². The van der Waals surface area contributed by atoms with E-state index in [-0.39, 0.29) is 12.8 Å². The molecule has 0 bridgehead atoms. The van der Waals surface area contributed by atoms with Gasteiger partial charge in [-0.25, -0.2) is 0 Å². The Bertz CT molecular complexity index is 701. The van der Waals surface area contributed by atoms with Crippen LogP contribution in [0.1, 0.15) is 30.2 Å². The van der Waals surface area contributed by atoms with Crippen LogP contribution < -0.4 is 10.4 Å². The molecule has 0 aromatic heterocycles. The van der Waals surface area contributed by atoms with Gasteiger partial charge in [-0.15, -0.1) is 0 Å². The largest absolute Gasteiger partial charge is 0.481 e. The number of nitrogens with zero attached hydrogens (tertiary/aromatic N) is 1. The number of carbonyl (C=O) groups is 1. The number of carboxylic acid groups (broad SMARTS) is 1. The van der Waals surface area contributed by atoms with Gasteiger partial charge in [-0.2, -0.15) is 0 Å². The SMILES string of the molecule is C=C(CCC(=O)O)NN(c1ccccc1)C(O)c1ccccc1C. The Kier molecular flexibility index (Phi) is 5.98. The van der Waals surface area contributed by atoms with Crippen molar-refractivity contribution < 1.29 is 15.0 Å². The molecule has 1 unspecified atom stereocenters. The number of hydrogen-bond acceptors (Lipinski definition) is 4. The maximum atomic E-state index is 10.8. The van der Waals surface area contributed by atoms with E-state index in [1.54, 1.807) is 5.01 Å². The molecule has 2 rings (SSSR count). The number of hydrazine groups is 1. The minimum Gasteiger partial charge on any atom is -0.481 e. The van der Waals surface area contributed by atoms with Crippen LogP contribution in [0.25, 0.3) is 0 Å². The zero-order valence-electron chi connectivity index (χ0n) is 13.6. The number of aliphatic hydroxyl groups is 1. The van der Waals surface area contributed by atoms with E-state index >= 15 is 0 Å². The van der Waals surface area contributed by atoms with Crippen LogP contribution in [0.2, 0.25) is 0 Å². The smallest absolute Gasteiger partial charge is 0.303 e. The van der Waals surface area contributed by atoms with Gasteiger partial charge in [-0.1, -0.05) is 49.0 Å². The molecule has 0 fully saturated rings. The Morgan fingerprint density at radius 1 is 1.12 bits per heavy atom. The molecule has 0 aliphatic rings. The van der Waals surface area contributed by atoms with Crippen LogP contribution in [-0.2, 0) is 4.79 Å². The molecule has 24 heavy (non-hydrogen) atoms. The number of aliphatic hydroxyl groups excluding tert-OH is 1. The molecule has 0 aliphatic carbocycles. The standard InChI is InChI=1S/C19H22N2O3/c1-14-8-6-7-11-17(14)19(24)21(16-9-4-3-5-10-16)20-15(2)12-13-18(22)23/h3-11,19-20,24H,2,12-13H2,1H3,(H,22,23). The molecule has 0 heterocycles. The lowest BCUT2D eigenvalue weighted by Gasteiger charge is -2.32. The van der Waals surface area contributed by atoms with Crippen molar-refractivity contribution in [2.45, 2.75) is 26.0 Å². The van der Waals surface area contributed by atoms with Crippen molar-refractivity contribution in [1.82, 2.24) is 5.43 Å². The summed E-state index contributed by atoms with van der Waals surface area (Å²) in [5.41, 5.74) is 6.04. The molecule has 5 heteroatoms. The highest BCUT2D eigenvalue weighted by molar-refractivity contribution is 5.67. The third-order valence-electron chi connectivity index (χ3n) is 3.66. The number of hydrogen-bond donors (Lipinski definition) is 3. The Balaban J connectivity index is 2.25. The predicted molar refractivity (Wildman–Crippen MR) is 94.2 cm³/mol. The number of aliphatic carboxylic acids is 1. The third kappa shape index (κ3) is 4.60. The average Bonchev–Trinajstić information content (AvgIpc) is 2.58. The fourth-order valence-corrected chi connectivity index (χ4v) is 2.36. The van der Waals surface area contributed by atoms with Crippen molar-refractivity contribution in [3.63, 3.8) is 0 Å². The first-order valence-electron chi connectivity index (χ1n) is 7.73. The van der Waals surface area contributed by atoms with Gasteiger partial charge in [0.1, 0.15) is 0 Å². The highest BCUT2D eigenvalue weighted by Gasteiger charge is 2.20. The molecule has 126 valence electrons. The number of benzene rings is 2. The average molecular weight is 326 g/mol. The van der Waals surface area contributed by atoms with Crippen molar-refractivity contribution >= 4 is 11.7 Å². The zero-order chi connectivity index (χ0) is 17.5. The fraction of sp³-hybridized carbons (Fsp3) is 0.211. The van der Waals surface area contributed by atoms with Gasteiger partial charge in [-0.3, -0.25) is 9.80 Å². The molecular weight excluding hydrogens is 304 g/mol. The number of allylic oxidation sites excluding steroid dienone is 1. The summed E-state index contributed by atoms with van der Waals surface area (Å²) in [6, 6.07) is 16.9. The summed E-state index contributed by atoms with van der Waals surface area (Å²) in [5, 5.41) is 21.2. The van der Waals surface area contributed by atoms with Gasteiger partial charge in [0.2, 0.25) is 0 Å². The monoisotopic (exact) mass is 326 g/mol. The van der Waals surface area contributed by atoms with E-state index in [4.69, 9.17) is 5.11 Å². The lowest BCUT2D eigenvalue weighted by Crippen LogP contribution is -2.40. The number of rotatable bonds is 8. The van der Waals surface area contributed by atoms with E-state index in [0.29, 0.717) is 5.70 Å². The summed E-state index contributed by atoms with van der Waals surface area (Å²) in [6.07, 6.45) is -0.677. The minimum absolute atomic E-state index is 0.0189. The van der Waals surface area contributed by atoms with Gasteiger partial charge in [-0.05, 0) is 31.0 Å². The van der Waals surface area contributed by atoms with Crippen LogP contribution in [0.15, 0.2) is 66.9 Å². The summed E-state index contributed by atoms with van der Waals surface area (Å²) in [7, 11) is 0. The molecular formula is C19H22N2O3. The molecule has 2 aromatic rings. The van der Waals surface area contributed by atoms with Crippen molar-refractivity contribution in [3.8, 4) is 0 Å². The fourth-order valence-electron chi connectivity index (χ4n) is 2.36. The number of aryl methyl sites for hydroxylation is 1. The van der Waals surface area contributed by atoms with Crippen LogP contribution in [0, 0.1) is 6.92 Å². The second-order valence-electron chi connectivity index (χ2n) is 5.54. The van der Waals surface area contributed by atoms with Crippen LogP contribution in [0.3, 0.4) is 0 Å². The number of nitrogens with one attached hydrogen (secondary N) is 1. The maximum absolute atomic E-state index is 10.8. The summed E-state index contributed by atoms with van der Waals surface area (Å²) in [4.78, 5) is 10.7. The lowest BCUT2D eigenvalue weighted by atomic mass is 10.1. The Morgan fingerprint density at radius 2 is 1.75 bits per heavy atom. The molecule has 3 N–H and O–H groups in total. The second-order valence-corrected chi connectivity index (χ2v) is 5.54. The molecule has 5 nitrogen and oxygen atoms in total. The summed E-state index contributed by atoms with van der Waals surface area (Å²) >= 11 is 0. The molecule has 2 aromatic carbocycles. The van der Waals surface area contributed by atoms with Crippen molar-refractivity contribution in [2.75, 3.05) is 5.01 Å². The van der Waals surface area contributed by atoms with Crippen LogP contribution in [0.4, 0.5) is 5.69 Å². The number of anilines is 1. The van der Waals surface area contributed by atoms with Crippen molar-refractivity contribution in [1.29, 1.82) is 0 Å². The van der Waals surface area contributed by atoms with Crippen LogP contribution >= 0.6 is 0 Å². The zero-order valence-corrected chi connectivity index (χ0v) is 13.6. The maximum Gasteiger partial charge on any atom is 0.303 e. The third-order valence-corrected chi connectivity index (χ3v) is 3.66. The van der Waals surface area contributed by atoms with Crippen molar-refractivity contribution in [3.05, 3.63) is 78.0 Å². The van der Waals surface area contributed by atoms with E-state index in [9.17, 15) is 9.90 Å². The van der Waals surface area contributed by atoms with Gasteiger partial charge in [0.05, 0.1) is 12.1 Å². The number of para-hydroxylation sites is 1. The van der Waals surface area contributed by atoms with Gasteiger partial charge in [0.25, 0.3) is 0 Å². The summed E-state index contributed by atoms with van der Waals surface area (Å²) < 4.78 is 0. The first-order valence-corrected chi connectivity index (χ1v) is 7.73. The van der Waals surface area contributed by atoms with Gasteiger partial charge in [0.15, 0.2) is 6.23 Å². The van der Waals surface area contributed by atoms with Crippen LogP contribution in [-0.4, -0.2) is 16.2 Å². The predicted octanol–water partition coefficient (Wildman–Crippen LogP) is 3.38. The molecule has 0 aliphatic heterocycles. The van der Waals surface area contributed by atoms with Gasteiger partial charge in [0, 0.05) is 11.3 Å². The highest BCUT2D eigenvalue weighted by atomic mass is 16.4.